The number of fused-ring (bicyclic) bond motifs is 1. The molecule has 1 aliphatic rings. The lowest BCUT2D eigenvalue weighted by atomic mass is 10.0. The fourth-order valence-electron chi connectivity index (χ4n) is 1.60. The highest BCUT2D eigenvalue weighted by Gasteiger charge is 2.21. The summed E-state index contributed by atoms with van der Waals surface area (Å²) in [5.41, 5.74) is 7.14. The van der Waals surface area contributed by atoms with E-state index < -0.39 is 0 Å². The molecule has 4 nitrogen and oxygen atoms in total. The van der Waals surface area contributed by atoms with Crippen LogP contribution in [0.1, 0.15) is 28.8 Å². The fourth-order valence-corrected chi connectivity index (χ4v) is 1.60. The molecule has 0 fully saturated rings. The molecular formula is C11H10N2O2. The molecule has 0 saturated carbocycles. The lowest BCUT2D eigenvalue weighted by Gasteiger charge is -1.99. The van der Waals surface area contributed by atoms with Gasteiger partial charge in [0, 0.05) is 12.0 Å². The molecule has 0 radical (unpaired) electrons. The molecule has 0 aliphatic carbocycles. The van der Waals surface area contributed by atoms with Gasteiger partial charge in [-0.05, 0) is 12.5 Å². The molecule has 1 aromatic carbocycles. The van der Waals surface area contributed by atoms with E-state index in [4.69, 9.17) is 5.73 Å². The highest BCUT2D eigenvalue weighted by molar-refractivity contribution is 6.21. The van der Waals surface area contributed by atoms with Gasteiger partial charge in [-0.1, -0.05) is 18.2 Å². The van der Waals surface area contributed by atoms with Gasteiger partial charge in [0.25, 0.3) is 5.91 Å². The zero-order valence-electron chi connectivity index (χ0n) is 8.06. The summed E-state index contributed by atoms with van der Waals surface area (Å²) in [6, 6.07) is 7.21. The molecule has 4 heteroatoms. The molecule has 0 unspecified atom stereocenters. The number of hydrogen-bond acceptors (Lipinski definition) is 2. The predicted molar refractivity (Wildman–Crippen MR) is 55.7 cm³/mol. The summed E-state index contributed by atoms with van der Waals surface area (Å²) in [7, 11) is 0. The molecule has 0 atom stereocenters. The number of carbonyl (C=O) groups excluding carboxylic acids is 2. The maximum Gasteiger partial charge on any atom is 0.277 e. The first kappa shape index (κ1) is 9.58. The molecule has 2 amide bonds. The minimum atomic E-state index is -0.380. The van der Waals surface area contributed by atoms with Gasteiger partial charge in [0.15, 0.2) is 0 Å². The monoisotopic (exact) mass is 202 g/mol. The molecule has 0 aromatic heterocycles. The summed E-state index contributed by atoms with van der Waals surface area (Å²) in [5.74, 6) is -0.611. The van der Waals surface area contributed by atoms with E-state index in [0.29, 0.717) is 17.7 Å². The Balaban J connectivity index is 2.25. The second-order valence-electron chi connectivity index (χ2n) is 3.38. The van der Waals surface area contributed by atoms with Crippen LogP contribution in [0.25, 0.3) is 0 Å². The van der Waals surface area contributed by atoms with Gasteiger partial charge < -0.3 is 5.73 Å². The Labute approximate surface area is 86.8 Å². The van der Waals surface area contributed by atoms with Crippen molar-refractivity contribution in [1.29, 1.82) is 0 Å². The normalized spacial score (nSPS) is 13.6. The lowest BCUT2D eigenvalue weighted by Crippen LogP contribution is -2.12. The summed E-state index contributed by atoms with van der Waals surface area (Å²) in [5, 5.41) is 0. The Bertz CT molecular complexity index is 463. The third-order valence-electron chi connectivity index (χ3n) is 2.31. The molecule has 0 spiro atoms. The third-order valence-corrected chi connectivity index (χ3v) is 2.31. The summed E-state index contributed by atoms with van der Waals surface area (Å²) in [6.07, 6.45) is 0.651. The number of rotatable bonds is 3. The van der Waals surface area contributed by atoms with Crippen molar-refractivity contribution in [2.45, 2.75) is 12.8 Å². The largest absolute Gasteiger partial charge is 0.370 e. The standard InChI is InChI=1S/C11H10N2O2/c12-10(14)6-5-9-7-3-1-2-4-8(7)11(15)13-9/h1-4H,5-6H2,(H2,12,14). The van der Waals surface area contributed by atoms with Crippen molar-refractivity contribution in [3.05, 3.63) is 35.4 Å². The molecule has 1 aliphatic heterocycles. The van der Waals surface area contributed by atoms with Crippen LogP contribution in [0.4, 0.5) is 0 Å². The van der Waals surface area contributed by atoms with Gasteiger partial charge in [0.1, 0.15) is 0 Å². The number of hydrogen-bond donors (Lipinski definition) is 1. The van der Waals surface area contributed by atoms with Crippen LogP contribution in [0.2, 0.25) is 0 Å². The second kappa shape index (κ2) is 3.65. The minimum absolute atomic E-state index is 0.223. The van der Waals surface area contributed by atoms with Crippen LogP contribution < -0.4 is 5.73 Å². The molecule has 2 rings (SSSR count). The number of nitrogens with two attached hydrogens (primary N) is 1. The summed E-state index contributed by atoms with van der Waals surface area (Å²) >= 11 is 0. The average molecular weight is 202 g/mol. The van der Waals surface area contributed by atoms with Crippen LogP contribution >= 0.6 is 0 Å². The maximum absolute atomic E-state index is 11.4. The Morgan fingerprint density at radius 3 is 2.60 bits per heavy atom. The minimum Gasteiger partial charge on any atom is -0.370 e. The van der Waals surface area contributed by atoms with Crippen molar-refractivity contribution in [3.63, 3.8) is 0 Å². The lowest BCUT2D eigenvalue weighted by molar-refractivity contribution is -0.117. The van der Waals surface area contributed by atoms with Crippen LogP contribution in [-0.4, -0.2) is 17.5 Å². The predicted octanol–water partition coefficient (Wildman–Crippen LogP) is 0.895. The molecule has 1 heterocycles. The van der Waals surface area contributed by atoms with Gasteiger partial charge >= 0.3 is 0 Å². The van der Waals surface area contributed by atoms with E-state index >= 15 is 0 Å². The van der Waals surface area contributed by atoms with E-state index in [2.05, 4.69) is 4.99 Å². The first-order valence-electron chi connectivity index (χ1n) is 4.68. The molecule has 0 saturated heterocycles. The van der Waals surface area contributed by atoms with Crippen molar-refractivity contribution in [3.8, 4) is 0 Å². The molecular weight excluding hydrogens is 192 g/mol. The Morgan fingerprint density at radius 2 is 1.93 bits per heavy atom. The number of nitrogens with zero attached hydrogens (tertiary/aromatic N) is 1. The van der Waals surface area contributed by atoms with Gasteiger partial charge in [-0.3, -0.25) is 9.59 Å². The number of carbonyl (C=O) groups is 2. The Hall–Kier alpha value is -1.97. The van der Waals surface area contributed by atoms with E-state index in [9.17, 15) is 9.59 Å². The molecule has 2 N–H and O–H groups in total. The fraction of sp³-hybridized carbons (Fsp3) is 0.182. The smallest absolute Gasteiger partial charge is 0.277 e. The topological polar surface area (TPSA) is 72.5 Å². The highest BCUT2D eigenvalue weighted by Crippen LogP contribution is 2.20. The first-order chi connectivity index (χ1) is 7.18. The number of amides is 2. The van der Waals surface area contributed by atoms with Gasteiger partial charge in [-0.15, -0.1) is 0 Å². The average Bonchev–Trinajstić information content (AvgIpc) is 2.54. The maximum atomic E-state index is 11.4. The van der Waals surface area contributed by atoms with E-state index in [-0.39, 0.29) is 18.2 Å². The second-order valence-corrected chi connectivity index (χ2v) is 3.38. The van der Waals surface area contributed by atoms with Crippen molar-refractivity contribution in [1.82, 2.24) is 0 Å². The summed E-state index contributed by atoms with van der Waals surface area (Å²) in [4.78, 5) is 25.9. The Morgan fingerprint density at radius 1 is 1.27 bits per heavy atom. The van der Waals surface area contributed by atoms with E-state index in [0.717, 1.165) is 5.56 Å². The van der Waals surface area contributed by atoms with Crippen LogP contribution in [0, 0.1) is 0 Å². The summed E-state index contributed by atoms with van der Waals surface area (Å²) in [6.45, 7) is 0. The first-order valence-corrected chi connectivity index (χ1v) is 4.68. The van der Waals surface area contributed by atoms with Crippen LogP contribution in [0.5, 0.6) is 0 Å². The molecule has 15 heavy (non-hydrogen) atoms. The van der Waals surface area contributed by atoms with E-state index in [1.54, 1.807) is 12.1 Å². The van der Waals surface area contributed by atoms with Crippen molar-refractivity contribution in [2.75, 3.05) is 0 Å². The van der Waals surface area contributed by atoms with Crippen LogP contribution in [-0.2, 0) is 4.79 Å². The highest BCUT2D eigenvalue weighted by atomic mass is 16.1. The Kier molecular flexibility index (Phi) is 2.33. The van der Waals surface area contributed by atoms with Crippen LogP contribution in [0.3, 0.4) is 0 Å². The number of aliphatic imine (C=N–C) groups is 1. The molecule has 76 valence electrons. The third kappa shape index (κ3) is 1.79. The zero-order chi connectivity index (χ0) is 10.8. The van der Waals surface area contributed by atoms with Crippen molar-refractivity contribution >= 4 is 17.5 Å². The van der Waals surface area contributed by atoms with Gasteiger partial charge in [0.2, 0.25) is 5.91 Å². The SMILES string of the molecule is NC(=O)CCC1=NC(=O)c2ccccc21. The quantitative estimate of drug-likeness (QED) is 0.790. The van der Waals surface area contributed by atoms with Crippen LogP contribution in [0.15, 0.2) is 29.3 Å². The van der Waals surface area contributed by atoms with Gasteiger partial charge in [0.05, 0.1) is 11.3 Å². The zero-order valence-corrected chi connectivity index (χ0v) is 8.06. The van der Waals surface area contributed by atoms with Gasteiger partial charge in [-0.25, -0.2) is 4.99 Å². The van der Waals surface area contributed by atoms with Gasteiger partial charge in [-0.2, -0.15) is 0 Å². The number of benzene rings is 1. The summed E-state index contributed by atoms with van der Waals surface area (Å²) < 4.78 is 0. The molecule has 1 aromatic rings. The van der Waals surface area contributed by atoms with Crippen molar-refractivity contribution < 1.29 is 9.59 Å². The number of primary amides is 1. The van der Waals surface area contributed by atoms with Crippen molar-refractivity contribution in [2.24, 2.45) is 10.7 Å². The molecule has 0 bridgehead atoms. The van der Waals surface area contributed by atoms with E-state index in [1.165, 1.54) is 0 Å². The van der Waals surface area contributed by atoms with E-state index in [1.807, 2.05) is 12.1 Å².